The van der Waals surface area contributed by atoms with Crippen molar-refractivity contribution >= 4 is 20.9 Å². The molecule has 0 saturated carbocycles. The average molecular weight is 321 g/mol. The van der Waals surface area contributed by atoms with E-state index in [1.807, 2.05) is 25.1 Å². The van der Waals surface area contributed by atoms with Gasteiger partial charge in [0.15, 0.2) is 21.2 Å². The number of aromatic nitrogens is 1. The van der Waals surface area contributed by atoms with Crippen LogP contribution in [-0.4, -0.2) is 26.5 Å². The molecule has 0 fully saturated rings. The van der Waals surface area contributed by atoms with Crippen LogP contribution in [0, 0.1) is 12.8 Å². The van der Waals surface area contributed by atoms with E-state index in [4.69, 9.17) is 8.84 Å². The summed E-state index contributed by atoms with van der Waals surface area (Å²) in [6, 6.07) is 5.97. The molecule has 0 aliphatic heterocycles. The minimum Gasteiger partial charge on any atom is -0.441 e. The first-order valence-corrected chi connectivity index (χ1v) is 9.21. The lowest BCUT2D eigenvalue weighted by Gasteiger charge is -2.30. The molecule has 122 valence electrons. The van der Waals surface area contributed by atoms with Gasteiger partial charge in [0.2, 0.25) is 0 Å². The van der Waals surface area contributed by atoms with Crippen molar-refractivity contribution in [1.82, 2.24) is 4.98 Å². The smallest absolute Gasteiger partial charge is 0.192 e. The molecule has 0 amide bonds. The predicted octanol–water partition coefficient (Wildman–Crippen LogP) is 3.51. The van der Waals surface area contributed by atoms with Gasteiger partial charge < -0.3 is 13.9 Å². The van der Waals surface area contributed by atoms with Crippen LogP contribution in [0.1, 0.15) is 51.7 Å². The van der Waals surface area contributed by atoms with E-state index >= 15 is 0 Å². The van der Waals surface area contributed by atoms with Crippen LogP contribution >= 0.6 is 0 Å². The second kappa shape index (κ2) is 6.94. The van der Waals surface area contributed by atoms with Crippen molar-refractivity contribution in [2.24, 2.45) is 5.92 Å². The molecule has 22 heavy (non-hydrogen) atoms. The lowest BCUT2D eigenvalue weighted by Crippen LogP contribution is -2.24. The number of rotatable bonds is 7. The summed E-state index contributed by atoms with van der Waals surface area (Å²) >= 11 is 0. The van der Waals surface area contributed by atoms with Gasteiger partial charge in [-0.1, -0.05) is 33.8 Å². The molecule has 2 rings (SSSR count). The van der Waals surface area contributed by atoms with Crippen LogP contribution in [0.5, 0.6) is 0 Å². The molecule has 0 spiro atoms. The standard InChI is InChI=1S/C17H27NO3Si/c1-11(2)17(4,5)22-21-15(8-9-19)13-6-7-16-14(10-13)18-12(3)20-16/h6-7,10-11,15,19H,8-9,22H2,1-5H3/t15-/m0/s1. The van der Waals surface area contributed by atoms with Gasteiger partial charge in [0.05, 0.1) is 6.10 Å². The highest BCUT2D eigenvalue weighted by molar-refractivity contribution is 6.32. The SMILES string of the molecule is Cc1nc2cc([C@H](CCO)O[SiH2]C(C)(C)C(C)C)ccc2o1. The lowest BCUT2D eigenvalue weighted by molar-refractivity contribution is 0.153. The Labute approximate surface area is 134 Å². The van der Waals surface area contributed by atoms with Gasteiger partial charge in [0, 0.05) is 13.5 Å². The van der Waals surface area contributed by atoms with Crippen molar-refractivity contribution in [2.75, 3.05) is 6.61 Å². The molecule has 0 aliphatic carbocycles. The number of aliphatic hydroxyl groups is 1. The lowest BCUT2D eigenvalue weighted by atomic mass is 9.99. The Balaban J connectivity index is 2.18. The van der Waals surface area contributed by atoms with Crippen LogP contribution in [0.4, 0.5) is 0 Å². The Morgan fingerprint density at radius 1 is 1.36 bits per heavy atom. The Kier molecular flexibility index (Phi) is 5.42. The molecule has 5 heteroatoms. The maximum atomic E-state index is 9.36. The highest BCUT2D eigenvalue weighted by atomic mass is 28.2. The zero-order valence-electron chi connectivity index (χ0n) is 14.2. The third-order valence-corrected chi connectivity index (χ3v) is 6.63. The molecular formula is C17H27NO3Si. The molecule has 4 nitrogen and oxygen atoms in total. The van der Waals surface area contributed by atoms with Crippen molar-refractivity contribution < 1.29 is 13.9 Å². The van der Waals surface area contributed by atoms with Crippen LogP contribution in [-0.2, 0) is 4.43 Å². The summed E-state index contributed by atoms with van der Waals surface area (Å²) in [5.74, 6) is 1.26. The number of fused-ring (bicyclic) bond motifs is 1. The zero-order chi connectivity index (χ0) is 16.3. The minimum atomic E-state index is -0.721. The van der Waals surface area contributed by atoms with Gasteiger partial charge in [-0.25, -0.2) is 4.98 Å². The summed E-state index contributed by atoms with van der Waals surface area (Å²) in [5, 5.41) is 9.59. The maximum Gasteiger partial charge on any atom is 0.192 e. The summed E-state index contributed by atoms with van der Waals surface area (Å²) in [4.78, 5) is 4.38. The first-order chi connectivity index (χ1) is 10.3. The van der Waals surface area contributed by atoms with E-state index in [-0.39, 0.29) is 17.7 Å². The number of aryl methyl sites for hydroxylation is 1. The van der Waals surface area contributed by atoms with E-state index in [1.54, 1.807) is 0 Å². The van der Waals surface area contributed by atoms with Crippen molar-refractivity contribution in [1.29, 1.82) is 0 Å². The van der Waals surface area contributed by atoms with Gasteiger partial charge in [-0.15, -0.1) is 0 Å². The molecule has 0 aliphatic rings. The van der Waals surface area contributed by atoms with Crippen LogP contribution in [0.25, 0.3) is 11.1 Å². The largest absolute Gasteiger partial charge is 0.441 e. The van der Waals surface area contributed by atoms with Gasteiger partial charge in [0.1, 0.15) is 5.52 Å². The third kappa shape index (κ3) is 3.97. The third-order valence-electron chi connectivity index (χ3n) is 4.50. The maximum absolute atomic E-state index is 9.36. The Bertz CT molecular complexity index is 621. The van der Waals surface area contributed by atoms with Gasteiger partial charge in [-0.3, -0.25) is 0 Å². The molecule has 1 heterocycles. The number of benzene rings is 1. The quantitative estimate of drug-likeness (QED) is 0.793. The Morgan fingerprint density at radius 3 is 2.73 bits per heavy atom. The van der Waals surface area contributed by atoms with Crippen LogP contribution in [0.15, 0.2) is 22.6 Å². The normalized spacial score (nSPS) is 14.5. The van der Waals surface area contributed by atoms with E-state index < -0.39 is 9.76 Å². The monoisotopic (exact) mass is 321 g/mol. The van der Waals surface area contributed by atoms with Gasteiger partial charge in [-0.05, 0) is 35.1 Å². The fourth-order valence-electron chi connectivity index (χ4n) is 2.21. The molecular weight excluding hydrogens is 294 g/mol. The predicted molar refractivity (Wildman–Crippen MR) is 91.7 cm³/mol. The molecule has 0 radical (unpaired) electrons. The first kappa shape index (κ1) is 17.2. The summed E-state index contributed by atoms with van der Waals surface area (Å²) in [5.41, 5.74) is 2.72. The zero-order valence-corrected chi connectivity index (χ0v) is 15.6. The summed E-state index contributed by atoms with van der Waals surface area (Å²) in [6.07, 6.45) is 0.555. The second-order valence-corrected chi connectivity index (χ2v) is 9.36. The highest BCUT2D eigenvalue weighted by Gasteiger charge is 2.26. The van der Waals surface area contributed by atoms with E-state index in [0.29, 0.717) is 18.2 Å². The number of oxazole rings is 1. The Morgan fingerprint density at radius 2 is 2.09 bits per heavy atom. The fraction of sp³-hybridized carbons (Fsp3) is 0.588. The first-order valence-electron chi connectivity index (χ1n) is 7.93. The van der Waals surface area contributed by atoms with E-state index in [9.17, 15) is 5.11 Å². The van der Waals surface area contributed by atoms with Gasteiger partial charge in [-0.2, -0.15) is 0 Å². The highest BCUT2D eigenvalue weighted by Crippen LogP contribution is 2.35. The summed E-state index contributed by atoms with van der Waals surface area (Å²) in [7, 11) is -0.721. The van der Waals surface area contributed by atoms with Crippen LogP contribution < -0.4 is 0 Å². The number of aliphatic hydroxyl groups excluding tert-OH is 1. The van der Waals surface area contributed by atoms with Crippen molar-refractivity contribution in [3.63, 3.8) is 0 Å². The minimum absolute atomic E-state index is 0.0592. The molecule has 2 aromatic rings. The Hall–Kier alpha value is -1.17. The van der Waals surface area contributed by atoms with E-state index in [2.05, 4.69) is 32.7 Å². The number of hydrogen-bond acceptors (Lipinski definition) is 4. The van der Waals surface area contributed by atoms with Crippen molar-refractivity contribution in [3.05, 3.63) is 29.7 Å². The van der Waals surface area contributed by atoms with Crippen LogP contribution in [0.2, 0.25) is 5.04 Å². The van der Waals surface area contributed by atoms with E-state index in [1.165, 1.54) is 0 Å². The van der Waals surface area contributed by atoms with Gasteiger partial charge >= 0.3 is 0 Å². The topological polar surface area (TPSA) is 55.5 Å². The molecule has 0 bridgehead atoms. The van der Waals surface area contributed by atoms with Gasteiger partial charge in [0.25, 0.3) is 0 Å². The summed E-state index contributed by atoms with van der Waals surface area (Å²) < 4.78 is 11.8. The average Bonchev–Trinajstić information content (AvgIpc) is 2.82. The van der Waals surface area contributed by atoms with E-state index in [0.717, 1.165) is 16.7 Å². The molecule has 1 atom stereocenters. The summed E-state index contributed by atoms with van der Waals surface area (Å²) in [6.45, 7) is 11.0. The number of nitrogens with zero attached hydrogens (tertiary/aromatic N) is 1. The van der Waals surface area contributed by atoms with Crippen LogP contribution in [0.3, 0.4) is 0 Å². The fourth-order valence-corrected chi connectivity index (χ4v) is 3.53. The molecule has 1 aromatic carbocycles. The number of hydrogen-bond donors (Lipinski definition) is 1. The van der Waals surface area contributed by atoms with Crippen molar-refractivity contribution in [3.8, 4) is 0 Å². The molecule has 0 saturated heterocycles. The molecule has 0 unspecified atom stereocenters. The van der Waals surface area contributed by atoms with Crippen molar-refractivity contribution in [2.45, 2.75) is 52.2 Å². The molecule has 1 N–H and O–H groups in total. The molecule has 1 aromatic heterocycles. The second-order valence-electron chi connectivity index (χ2n) is 6.92.